The van der Waals surface area contributed by atoms with E-state index >= 15 is 0 Å². The van der Waals surface area contributed by atoms with Crippen LogP contribution >= 0.6 is 0 Å². The lowest BCUT2D eigenvalue weighted by Gasteiger charge is -2.35. The lowest BCUT2D eigenvalue weighted by atomic mass is 9.93. The van der Waals surface area contributed by atoms with Crippen molar-refractivity contribution in [1.29, 1.82) is 0 Å². The van der Waals surface area contributed by atoms with Gasteiger partial charge in [0.25, 0.3) is 0 Å². The molecule has 1 heterocycles. The van der Waals surface area contributed by atoms with Gasteiger partial charge in [-0.1, -0.05) is 6.07 Å². The number of alkyl carbamates (subject to hydrolysis) is 1. The van der Waals surface area contributed by atoms with Gasteiger partial charge in [-0.3, -0.25) is 4.90 Å². The first-order valence-corrected chi connectivity index (χ1v) is 14.2. The molecule has 1 N–H and O–H groups in total. The largest absolute Gasteiger partial charge is 0.497 e. The molecule has 11 nitrogen and oxygen atoms in total. The fourth-order valence-corrected chi connectivity index (χ4v) is 5.42. The van der Waals surface area contributed by atoms with Crippen molar-refractivity contribution in [3.05, 3.63) is 35.4 Å². The van der Waals surface area contributed by atoms with Crippen LogP contribution in [0.3, 0.4) is 0 Å². The number of fused-ring (bicyclic) bond motifs is 3. The minimum Gasteiger partial charge on any atom is -0.497 e. The molecule has 0 bridgehead atoms. The number of nitrogens with zero attached hydrogens (tertiary/aromatic N) is 2. The Labute approximate surface area is 247 Å². The molecule has 230 valence electrons. The first-order chi connectivity index (χ1) is 20.1. The van der Waals surface area contributed by atoms with Crippen molar-refractivity contribution in [2.24, 2.45) is 0 Å². The van der Waals surface area contributed by atoms with Crippen molar-refractivity contribution >= 4 is 12.2 Å². The smallest absolute Gasteiger partial charge is 0.410 e. The van der Waals surface area contributed by atoms with Crippen molar-refractivity contribution in [2.75, 3.05) is 67.8 Å². The van der Waals surface area contributed by atoms with Crippen LogP contribution in [0, 0.1) is 0 Å². The molecule has 11 heteroatoms. The monoisotopic (exact) mass is 585 g/mol. The maximum Gasteiger partial charge on any atom is 0.410 e. The van der Waals surface area contributed by atoms with Gasteiger partial charge in [-0.05, 0) is 68.5 Å². The van der Waals surface area contributed by atoms with Crippen molar-refractivity contribution in [3.63, 3.8) is 0 Å². The molecule has 0 unspecified atom stereocenters. The zero-order valence-corrected chi connectivity index (χ0v) is 25.7. The minimum atomic E-state index is -0.521. The van der Waals surface area contributed by atoms with E-state index < -0.39 is 11.7 Å². The average Bonchev–Trinajstić information content (AvgIpc) is 3.11. The van der Waals surface area contributed by atoms with E-state index in [1.165, 1.54) is 0 Å². The summed E-state index contributed by atoms with van der Waals surface area (Å²) in [6, 6.07) is 7.45. The number of piperazine rings is 1. The van der Waals surface area contributed by atoms with Crippen LogP contribution in [-0.2, 0) is 15.9 Å². The van der Waals surface area contributed by atoms with E-state index in [-0.39, 0.29) is 18.7 Å². The van der Waals surface area contributed by atoms with Gasteiger partial charge in [0.05, 0.1) is 34.5 Å². The first kappa shape index (κ1) is 31.1. The number of carbonyl (C=O) groups is 2. The number of rotatable bonds is 8. The van der Waals surface area contributed by atoms with E-state index in [0.29, 0.717) is 68.6 Å². The second-order valence-electron chi connectivity index (χ2n) is 11.3. The number of nitrogens with one attached hydrogen (secondary N) is 1. The highest BCUT2D eigenvalue weighted by Gasteiger charge is 2.31. The van der Waals surface area contributed by atoms with Gasteiger partial charge in [0.2, 0.25) is 5.75 Å². The Morgan fingerprint density at radius 1 is 0.929 bits per heavy atom. The Bertz CT molecular complexity index is 1270. The molecule has 0 spiro atoms. The third kappa shape index (κ3) is 7.13. The Hall–Kier alpha value is -3.86. The summed E-state index contributed by atoms with van der Waals surface area (Å²) in [6.07, 6.45) is 0.507. The quantitative estimate of drug-likeness (QED) is 0.474. The SMILES string of the molecule is COc1ccc2c(c1)[C@@H](NC(=O)OCCN1CCN(C(=O)OC(C)(C)C)CC1)CCc1cc(OC)c(OC)c(OC)c1-2. The van der Waals surface area contributed by atoms with Crippen LogP contribution in [0.2, 0.25) is 0 Å². The highest BCUT2D eigenvalue weighted by molar-refractivity contribution is 5.83. The summed E-state index contributed by atoms with van der Waals surface area (Å²) < 4.78 is 33.7. The normalized spacial score (nSPS) is 16.8. The van der Waals surface area contributed by atoms with Crippen molar-refractivity contribution in [3.8, 4) is 34.1 Å². The third-order valence-electron chi connectivity index (χ3n) is 7.47. The molecule has 0 aromatic heterocycles. The average molecular weight is 586 g/mol. The van der Waals surface area contributed by atoms with E-state index in [0.717, 1.165) is 22.3 Å². The molecule has 2 aliphatic rings. The van der Waals surface area contributed by atoms with E-state index in [1.54, 1.807) is 33.3 Å². The summed E-state index contributed by atoms with van der Waals surface area (Å²) in [5.41, 5.74) is 3.21. The number of methoxy groups -OCH3 is 4. The molecule has 1 aliphatic carbocycles. The second-order valence-corrected chi connectivity index (χ2v) is 11.3. The number of hydrogen-bond acceptors (Lipinski definition) is 9. The highest BCUT2D eigenvalue weighted by Crippen LogP contribution is 2.50. The van der Waals surface area contributed by atoms with E-state index in [9.17, 15) is 9.59 Å². The van der Waals surface area contributed by atoms with Crippen LogP contribution in [0.5, 0.6) is 23.0 Å². The van der Waals surface area contributed by atoms with Crippen LogP contribution in [0.4, 0.5) is 9.59 Å². The zero-order chi connectivity index (χ0) is 30.4. The topological polar surface area (TPSA) is 108 Å². The Morgan fingerprint density at radius 2 is 1.64 bits per heavy atom. The van der Waals surface area contributed by atoms with Gasteiger partial charge >= 0.3 is 12.2 Å². The molecule has 2 aromatic rings. The summed E-state index contributed by atoms with van der Waals surface area (Å²) in [6.45, 7) is 8.90. The maximum atomic E-state index is 13.0. The molecule has 2 aromatic carbocycles. The van der Waals surface area contributed by atoms with Crippen molar-refractivity contribution in [2.45, 2.75) is 45.3 Å². The maximum absolute atomic E-state index is 13.0. The summed E-state index contributed by atoms with van der Waals surface area (Å²) in [5, 5.41) is 3.07. The molecule has 1 atom stereocenters. The van der Waals surface area contributed by atoms with E-state index in [4.69, 9.17) is 28.4 Å². The summed E-state index contributed by atoms with van der Waals surface area (Å²) in [4.78, 5) is 29.2. The predicted octanol–water partition coefficient (Wildman–Crippen LogP) is 4.65. The zero-order valence-electron chi connectivity index (χ0n) is 25.7. The minimum absolute atomic E-state index is 0.235. The predicted molar refractivity (Wildman–Crippen MR) is 158 cm³/mol. The van der Waals surface area contributed by atoms with Gasteiger partial charge in [0.15, 0.2) is 11.5 Å². The lowest BCUT2D eigenvalue weighted by molar-refractivity contribution is 0.0131. The molecule has 0 radical (unpaired) electrons. The molecule has 1 saturated heterocycles. The van der Waals surface area contributed by atoms with Gasteiger partial charge in [-0.25, -0.2) is 9.59 Å². The Morgan fingerprint density at radius 3 is 2.26 bits per heavy atom. The molecular weight excluding hydrogens is 542 g/mol. The van der Waals surface area contributed by atoms with E-state index in [1.807, 2.05) is 45.0 Å². The third-order valence-corrected chi connectivity index (χ3v) is 7.47. The number of aryl methyl sites for hydroxylation is 1. The van der Waals surface area contributed by atoms with Crippen molar-refractivity contribution < 1.29 is 38.0 Å². The highest BCUT2D eigenvalue weighted by atomic mass is 16.6. The van der Waals surface area contributed by atoms with Crippen LogP contribution in [0.1, 0.15) is 44.4 Å². The van der Waals surface area contributed by atoms with Crippen LogP contribution in [0.15, 0.2) is 24.3 Å². The summed E-state index contributed by atoms with van der Waals surface area (Å²) in [7, 11) is 6.40. The molecule has 4 rings (SSSR count). The van der Waals surface area contributed by atoms with Crippen LogP contribution in [-0.4, -0.2) is 95.4 Å². The standard InChI is InChI=1S/C31H43N3O8/c1-31(2,3)42-30(36)34-14-12-33(13-15-34)16-17-41-29(35)32-24-11-8-20-18-25(38-5)27(39-6)28(40-7)26(20)22-10-9-21(37-4)19-23(22)24/h9-10,18-19,24H,8,11-17H2,1-7H3,(H,32,35)/t24-/m0/s1. The van der Waals surface area contributed by atoms with Gasteiger partial charge in [0.1, 0.15) is 18.0 Å². The number of benzene rings is 2. The van der Waals surface area contributed by atoms with Gasteiger partial charge in [0, 0.05) is 38.3 Å². The van der Waals surface area contributed by atoms with Crippen molar-refractivity contribution in [1.82, 2.24) is 15.1 Å². The van der Waals surface area contributed by atoms with Crippen LogP contribution in [0.25, 0.3) is 11.1 Å². The molecule has 1 fully saturated rings. The summed E-state index contributed by atoms with van der Waals surface area (Å²) in [5.74, 6) is 2.36. The lowest BCUT2D eigenvalue weighted by Crippen LogP contribution is -2.50. The fourth-order valence-electron chi connectivity index (χ4n) is 5.42. The Kier molecular flexibility index (Phi) is 9.93. The number of ether oxygens (including phenoxy) is 6. The number of carbonyl (C=O) groups excluding carboxylic acids is 2. The molecule has 0 saturated carbocycles. The molecule has 42 heavy (non-hydrogen) atoms. The summed E-state index contributed by atoms with van der Waals surface area (Å²) >= 11 is 0. The van der Waals surface area contributed by atoms with Gasteiger partial charge in [-0.15, -0.1) is 0 Å². The molecule has 1 aliphatic heterocycles. The molecular formula is C31H43N3O8. The number of hydrogen-bond donors (Lipinski definition) is 1. The molecule has 2 amide bonds. The number of amides is 2. The first-order valence-electron chi connectivity index (χ1n) is 14.2. The fraction of sp³-hybridized carbons (Fsp3) is 0.548. The van der Waals surface area contributed by atoms with Gasteiger partial charge in [-0.2, -0.15) is 0 Å². The Balaban J connectivity index is 1.42. The van der Waals surface area contributed by atoms with E-state index in [2.05, 4.69) is 10.2 Å². The van der Waals surface area contributed by atoms with Gasteiger partial charge < -0.3 is 38.6 Å². The second kappa shape index (κ2) is 13.4. The van der Waals surface area contributed by atoms with Crippen LogP contribution < -0.4 is 24.3 Å².